The molecule has 1 aliphatic heterocycles. The van der Waals surface area contributed by atoms with E-state index >= 15 is 0 Å². The molecule has 0 N–H and O–H groups in total. The Morgan fingerprint density at radius 2 is 1.24 bits per heavy atom. The molecule has 0 atom stereocenters. The van der Waals surface area contributed by atoms with Crippen molar-refractivity contribution in [1.29, 1.82) is 0 Å². The second-order valence-electron chi connectivity index (χ2n) is 4.45. The first kappa shape index (κ1) is 11.6. The van der Waals surface area contributed by atoms with E-state index < -0.39 is 0 Å². The van der Waals surface area contributed by atoms with Crippen molar-refractivity contribution in [3.8, 4) is 0 Å². The van der Waals surface area contributed by atoms with Gasteiger partial charge in [-0.15, -0.1) is 0 Å². The van der Waals surface area contributed by atoms with Gasteiger partial charge in [-0.25, -0.2) is 4.90 Å². The summed E-state index contributed by atoms with van der Waals surface area (Å²) in [5, 5.41) is 0. The summed E-state index contributed by atoms with van der Waals surface area (Å²) in [5.74, 6) is -0.516. The van der Waals surface area contributed by atoms with Crippen molar-refractivity contribution < 1.29 is 9.59 Å². The Hall–Kier alpha value is -1.90. The van der Waals surface area contributed by atoms with Crippen molar-refractivity contribution in [1.82, 2.24) is 0 Å². The molecule has 0 aliphatic carbocycles. The van der Waals surface area contributed by atoms with Crippen molar-refractivity contribution in [2.75, 3.05) is 4.90 Å². The highest BCUT2D eigenvalue weighted by Crippen LogP contribution is 2.31. The summed E-state index contributed by atoms with van der Waals surface area (Å²) in [5.41, 5.74) is 4.89. The van der Waals surface area contributed by atoms with Gasteiger partial charge >= 0.3 is 0 Å². The molecule has 2 rings (SSSR count). The maximum absolute atomic E-state index is 11.7. The van der Waals surface area contributed by atoms with E-state index in [1.54, 1.807) is 0 Å². The quantitative estimate of drug-likeness (QED) is 0.693. The Labute approximate surface area is 101 Å². The second-order valence-corrected chi connectivity index (χ2v) is 4.45. The van der Waals surface area contributed by atoms with E-state index in [0.717, 1.165) is 27.9 Å². The Balaban J connectivity index is 2.67. The van der Waals surface area contributed by atoms with E-state index in [0.29, 0.717) is 0 Å². The van der Waals surface area contributed by atoms with Crippen molar-refractivity contribution >= 4 is 17.5 Å². The van der Waals surface area contributed by atoms with E-state index in [9.17, 15) is 9.59 Å². The maximum Gasteiger partial charge on any atom is 0.258 e. The molecular formula is C14H15NO2. The predicted octanol–water partition coefficient (Wildman–Crippen LogP) is 2.35. The SMILES string of the molecule is Cc1cc(C)c(C)c(N2C(=O)C=CC2=O)c1C. The van der Waals surface area contributed by atoms with Crippen LogP contribution in [-0.2, 0) is 9.59 Å². The molecule has 17 heavy (non-hydrogen) atoms. The Morgan fingerprint density at radius 3 is 1.65 bits per heavy atom. The Morgan fingerprint density at radius 1 is 0.824 bits per heavy atom. The molecular weight excluding hydrogens is 214 g/mol. The fraction of sp³-hybridized carbons (Fsp3) is 0.286. The summed E-state index contributed by atoms with van der Waals surface area (Å²) < 4.78 is 0. The topological polar surface area (TPSA) is 37.4 Å². The largest absolute Gasteiger partial charge is 0.269 e. The molecule has 0 radical (unpaired) electrons. The lowest BCUT2D eigenvalue weighted by atomic mass is 9.98. The molecule has 0 spiro atoms. The van der Waals surface area contributed by atoms with Gasteiger partial charge in [0.05, 0.1) is 5.69 Å². The number of benzene rings is 1. The number of amides is 2. The van der Waals surface area contributed by atoms with Crippen LogP contribution in [0.5, 0.6) is 0 Å². The van der Waals surface area contributed by atoms with Crippen LogP contribution in [0.25, 0.3) is 0 Å². The molecule has 1 aromatic carbocycles. The summed E-state index contributed by atoms with van der Waals surface area (Å²) >= 11 is 0. The highest BCUT2D eigenvalue weighted by molar-refractivity contribution is 6.28. The van der Waals surface area contributed by atoms with E-state index in [-0.39, 0.29) is 11.8 Å². The molecule has 1 heterocycles. The van der Waals surface area contributed by atoms with Crippen LogP contribution in [-0.4, -0.2) is 11.8 Å². The van der Waals surface area contributed by atoms with Gasteiger partial charge in [0.15, 0.2) is 0 Å². The number of carbonyl (C=O) groups excluding carboxylic acids is 2. The zero-order valence-electron chi connectivity index (χ0n) is 10.5. The zero-order valence-corrected chi connectivity index (χ0v) is 10.5. The molecule has 0 fully saturated rings. The Kier molecular flexibility index (Phi) is 2.62. The molecule has 2 amide bonds. The minimum Gasteiger partial charge on any atom is -0.269 e. The summed E-state index contributed by atoms with van der Waals surface area (Å²) in [6, 6.07) is 2.08. The van der Waals surface area contributed by atoms with Crippen LogP contribution in [0.15, 0.2) is 18.2 Å². The van der Waals surface area contributed by atoms with E-state index in [2.05, 4.69) is 6.07 Å². The van der Waals surface area contributed by atoms with Crippen LogP contribution >= 0.6 is 0 Å². The number of hydrogen-bond donors (Lipinski definition) is 0. The van der Waals surface area contributed by atoms with Gasteiger partial charge < -0.3 is 0 Å². The monoisotopic (exact) mass is 229 g/mol. The predicted molar refractivity (Wildman–Crippen MR) is 67.0 cm³/mol. The van der Waals surface area contributed by atoms with E-state index in [1.165, 1.54) is 17.1 Å². The van der Waals surface area contributed by atoms with Crippen LogP contribution < -0.4 is 4.90 Å². The number of imide groups is 1. The van der Waals surface area contributed by atoms with Gasteiger partial charge in [0.25, 0.3) is 11.8 Å². The molecule has 0 saturated heterocycles. The third kappa shape index (κ3) is 1.68. The minimum atomic E-state index is -0.258. The first-order valence-electron chi connectivity index (χ1n) is 5.57. The molecule has 0 unspecified atom stereocenters. The average Bonchev–Trinajstić information content (AvgIpc) is 2.58. The van der Waals surface area contributed by atoms with Crippen LogP contribution in [0.4, 0.5) is 5.69 Å². The smallest absolute Gasteiger partial charge is 0.258 e. The lowest BCUT2D eigenvalue weighted by Crippen LogP contribution is -2.31. The van der Waals surface area contributed by atoms with Gasteiger partial charge in [-0.3, -0.25) is 9.59 Å². The van der Waals surface area contributed by atoms with Crippen molar-refractivity contribution in [2.24, 2.45) is 0 Å². The third-order valence-corrected chi connectivity index (χ3v) is 3.36. The fourth-order valence-corrected chi connectivity index (χ4v) is 2.15. The van der Waals surface area contributed by atoms with Gasteiger partial charge in [-0.05, 0) is 49.9 Å². The normalized spacial score (nSPS) is 14.9. The third-order valence-electron chi connectivity index (χ3n) is 3.36. The molecule has 88 valence electrons. The Bertz CT molecular complexity index is 512. The zero-order chi connectivity index (χ0) is 12.7. The standard InChI is InChI=1S/C14H15NO2/c1-8-7-9(2)11(4)14(10(8)3)15-12(16)5-6-13(15)17/h5-7H,1-4H3. The van der Waals surface area contributed by atoms with Crippen LogP contribution in [0.2, 0.25) is 0 Å². The van der Waals surface area contributed by atoms with E-state index in [4.69, 9.17) is 0 Å². The molecule has 1 aromatic rings. The number of nitrogens with zero attached hydrogens (tertiary/aromatic N) is 1. The van der Waals surface area contributed by atoms with Crippen molar-refractivity contribution in [2.45, 2.75) is 27.7 Å². The number of carbonyl (C=O) groups is 2. The van der Waals surface area contributed by atoms with Gasteiger partial charge in [0.1, 0.15) is 0 Å². The summed E-state index contributed by atoms with van der Waals surface area (Å²) in [6.45, 7) is 7.86. The maximum atomic E-state index is 11.7. The molecule has 3 heteroatoms. The highest BCUT2D eigenvalue weighted by Gasteiger charge is 2.28. The number of rotatable bonds is 1. The fourth-order valence-electron chi connectivity index (χ4n) is 2.15. The van der Waals surface area contributed by atoms with Crippen molar-refractivity contribution in [3.05, 3.63) is 40.5 Å². The first-order valence-corrected chi connectivity index (χ1v) is 5.57. The first-order chi connectivity index (χ1) is 7.93. The molecule has 1 aliphatic rings. The minimum absolute atomic E-state index is 0.258. The van der Waals surface area contributed by atoms with E-state index in [1.807, 2.05) is 27.7 Å². The molecule has 0 saturated carbocycles. The lowest BCUT2D eigenvalue weighted by Gasteiger charge is -2.22. The van der Waals surface area contributed by atoms with Crippen LogP contribution in [0, 0.1) is 27.7 Å². The van der Waals surface area contributed by atoms with Crippen molar-refractivity contribution in [3.63, 3.8) is 0 Å². The van der Waals surface area contributed by atoms with Gasteiger partial charge in [0.2, 0.25) is 0 Å². The molecule has 0 aromatic heterocycles. The van der Waals surface area contributed by atoms with Gasteiger partial charge in [-0.2, -0.15) is 0 Å². The number of anilines is 1. The average molecular weight is 229 g/mol. The van der Waals surface area contributed by atoms with Gasteiger partial charge in [-0.1, -0.05) is 6.07 Å². The lowest BCUT2D eigenvalue weighted by molar-refractivity contribution is -0.120. The summed E-state index contributed by atoms with van der Waals surface area (Å²) in [6.07, 6.45) is 2.64. The van der Waals surface area contributed by atoms with Crippen LogP contribution in [0.1, 0.15) is 22.3 Å². The molecule has 0 bridgehead atoms. The summed E-state index contributed by atoms with van der Waals surface area (Å²) in [7, 11) is 0. The highest BCUT2D eigenvalue weighted by atomic mass is 16.2. The van der Waals surface area contributed by atoms with Gasteiger partial charge in [0, 0.05) is 12.2 Å². The number of hydrogen-bond acceptors (Lipinski definition) is 2. The number of aryl methyl sites for hydroxylation is 2. The van der Waals surface area contributed by atoms with Crippen LogP contribution in [0.3, 0.4) is 0 Å². The molecule has 3 nitrogen and oxygen atoms in total. The second kappa shape index (κ2) is 3.84. The summed E-state index contributed by atoms with van der Waals surface area (Å²) in [4.78, 5) is 24.7.